The maximum Gasteiger partial charge on any atom is 0.416 e. The summed E-state index contributed by atoms with van der Waals surface area (Å²) in [5.41, 5.74) is 0.642. The summed E-state index contributed by atoms with van der Waals surface area (Å²) in [5, 5.41) is 12.4. The molecule has 0 atom stereocenters. The highest BCUT2D eigenvalue weighted by atomic mass is 35.5. The van der Waals surface area contributed by atoms with Crippen molar-refractivity contribution in [2.45, 2.75) is 33.0 Å². The summed E-state index contributed by atoms with van der Waals surface area (Å²) in [6.07, 6.45) is -4.48. The molecule has 0 saturated heterocycles. The zero-order valence-electron chi connectivity index (χ0n) is 17.8. The lowest BCUT2D eigenvalue weighted by Crippen LogP contribution is -2.33. The molecule has 6 nitrogen and oxygen atoms in total. The minimum absolute atomic E-state index is 0.0279. The van der Waals surface area contributed by atoms with Gasteiger partial charge in [0.15, 0.2) is 0 Å². The van der Waals surface area contributed by atoms with Crippen molar-refractivity contribution in [3.63, 3.8) is 0 Å². The summed E-state index contributed by atoms with van der Waals surface area (Å²) in [4.78, 5) is 30.2. The maximum atomic E-state index is 13.1. The number of amides is 1. The number of halogens is 4. The number of benzene rings is 2. The normalized spacial score (nSPS) is 11.5. The average molecular weight is 480 g/mol. The number of aromatic nitrogens is 2. The van der Waals surface area contributed by atoms with Crippen LogP contribution in [0.4, 0.5) is 18.9 Å². The van der Waals surface area contributed by atoms with Gasteiger partial charge in [-0.15, -0.1) is 0 Å². The molecule has 10 heteroatoms. The molecular formula is C23H21ClF3N3O3. The molecule has 1 heterocycles. The van der Waals surface area contributed by atoms with Gasteiger partial charge in [0.05, 0.1) is 5.56 Å². The van der Waals surface area contributed by atoms with Gasteiger partial charge in [-0.1, -0.05) is 29.8 Å². The number of nitrogens with one attached hydrogen (secondary N) is 1. The zero-order chi connectivity index (χ0) is 24.3. The molecule has 1 amide bonds. The molecule has 2 N–H and O–H groups in total. The third-order valence-corrected chi connectivity index (χ3v) is 5.47. The molecule has 1 aromatic heterocycles. The molecule has 3 rings (SSSR count). The Morgan fingerprint density at radius 2 is 1.82 bits per heavy atom. The number of anilines is 1. The van der Waals surface area contributed by atoms with Crippen molar-refractivity contribution in [2.75, 3.05) is 11.9 Å². The lowest BCUT2D eigenvalue weighted by molar-refractivity contribution is -0.137. The van der Waals surface area contributed by atoms with Gasteiger partial charge in [-0.25, -0.2) is 4.98 Å². The van der Waals surface area contributed by atoms with Crippen LogP contribution in [0.1, 0.15) is 22.4 Å². The van der Waals surface area contributed by atoms with E-state index < -0.39 is 29.8 Å². The van der Waals surface area contributed by atoms with Gasteiger partial charge >= 0.3 is 6.18 Å². The minimum Gasteiger partial charge on any atom is -0.396 e. The van der Waals surface area contributed by atoms with Gasteiger partial charge in [0.25, 0.3) is 5.56 Å². The number of hydrogen-bond donors (Lipinski definition) is 2. The van der Waals surface area contributed by atoms with Gasteiger partial charge in [0, 0.05) is 40.6 Å². The Kier molecular flexibility index (Phi) is 7.24. The summed E-state index contributed by atoms with van der Waals surface area (Å²) in [6, 6.07) is 9.12. The lowest BCUT2D eigenvalue weighted by atomic mass is 10.1. The Hall–Kier alpha value is -3.17. The number of carbonyl (C=O) groups excluding carboxylic acids is 1. The van der Waals surface area contributed by atoms with E-state index in [1.807, 2.05) is 6.92 Å². The van der Waals surface area contributed by atoms with E-state index in [1.165, 1.54) is 12.1 Å². The van der Waals surface area contributed by atoms with Gasteiger partial charge in [0.1, 0.15) is 12.4 Å². The lowest BCUT2D eigenvalue weighted by Gasteiger charge is -2.16. The fraction of sp³-hybridized carbons (Fsp3) is 0.261. The highest BCUT2D eigenvalue weighted by Gasteiger charge is 2.30. The predicted octanol–water partition coefficient (Wildman–Crippen LogP) is 4.37. The van der Waals surface area contributed by atoms with E-state index in [2.05, 4.69) is 10.3 Å². The summed E-state index contributed by atoms with van der Waals surface area (Å²) < 4.78 is 39.9. The van der Waals surface area contributed by atoms with Crippen molar-refractivity contribution in [3.05, 3.63) is 80.2 Å². The van der Waals surface area contributed by atoms with E-state index in [-0.39, 0.29) is 30.0 Å². The van der Waals surface area contributed by atoms with Crippen LogP contribution in [0.2, 0.25) is 5.02 Å². The van der Waals surface area contributed by atoms with Gasteiger partial charge in [-0.3, -0.25) is 14.2 Å². The Balaban J connectivity index is 2.02. The van der Waals surface area contributed by atoms with Crippen molar-refractivity contribution in [1.29, 1.82) is 0 Å². The number of rotatable bonds is 6. The summed E-state index contributed by atoms with van der Waals surface area (Å²) in [6.45, 7) is 2.64. The zero-order valence-corrected chi connectivity index (χ0v) is 18.6. The minimum atomic E-state index is -4.51. The SMILES string of the molecule is Cc1ccc(NC(=O)Cn2c(-c3ccc(C(F)(F)F)cc3)nc(C)c(CCO)c2=O)cc1Cl. The van der Waals surface area contributed by atoms with Crippen LogP contribution < -0.4 is 10.9 Å². The smallest absolute Gasteiger partial charge is 0.396 e. The first-order valence-electron chi connectivity index (χ1n) is 9.96. The Morgan fingerprint density at radius 1 is 1.15 bits per heavy atom. The van der Waals surface area contributed by atoms with Crippen molar-refractivity contribution in [1.82, 2.24) is 9.55 Å². The van der Waals surface area contributed by atoms with Crippen LogP contribution in [-0.2, 0) is 23.9 Å². The topological polar surface area (TPSA) is 84.2 Å². The van der Waals surface area contributed by atoms with Gasteiger partial charge in [0.2, 0.25) is 5.91 Å². The first-order chi connectivity index (χ1) is 15.5. The Morgan fingerprint density at radius 3 is 2.39 bits per heavy atom. The highest BCUT2D eigenvalue weighted by Crippen LogP contribution is 2.30. The molecule has 0 aliphatic carbocycles. The molecule has 0 aliphatic rings. The van der Waals surface area contributed by atoms with Crippen LogP contribution in [0.5, 0.6) is 0 Å². The fourth-order valence-electron chi connectivity index (χ4n) is 3.29. The van der Waals surface area contributed by atoms with Crippen LogP contribution in [0.15, 0.2) is 47.3 Å². The van der Waals surface area contributed by atoms with E-state index in [9.17, 15) is 27.9 Å². The summed E-state index contributed by atoms with van der Waals surface area (Å²) >= 11 is 6.09. The Labute approximate surface area is 192 Å². The first-order valence-corrected chi connectivity index (χ1v) is 10.3. The number of nitrogens with zero attached hydrogens (tertiary/aromatic N) is 2. The molecule has 2 aromatic carbocycles. The van der Waals surface area contributed by atoms with Crippen LogP contribution >= 0.6 is 11.6 Å². The highest BCUT2D eigenvalue weighted by molar-refractivity contribution is 6.31. The molecule has 0 unspecified atom stereocenters. The molecule has 0 aliphatic heterocycles. The van der Waals surface area contributed by atoms with E-state index in [0.717, 1.165) is 22.3 Å². The van der Waals surface area contributed by atoms with Crippen LogP contribution in [-0.4, -0.2) is 27.2 Å². The van der Waals surface area contributed by atoms with Crippen molar-refractivity contribution in [3.8, 4) is 11.4 Å². The van der Waals surface area contributed by atoms with Crippen LogP contribution in [0.25, 0.3) is 11.4 Å². The van der Waals surface area contributed by atoms with E-state index in [4.69, 9.17) is 11.6 Å². The number of alkyl halides is 3. The molecule has 0 radical (unpaired) electrons. The molecule has 0 bridgehead atoms. The largest absolute Gasteiger partial charge is 0.416 e. The number of aliphatic hydroxyl groups is 1. The number of aliphatic hydroxyl groups excluding tert-OH is 1. The second kappa shape index (κ2) is 9.76. The number of aryl methyl sites for hydroxylation is 2. The predicted molar refractivity (Wildman–Crippen MR) is 119 cm³/mol. The molecule has 3 aromatic rings. The standard InChI is InChI=1S/C23H21ClF3N3O3/c1-13-3-8-17(11-19(13)24)29-20(32)12-30-21(28-14(2)18(9-10-31)22(30)33)15-4-6-16(7-5-15)23(25,26)27/h3-8,11,31H,9-10,12H2,1-2H3,(H,29,32). The van der Waals surface area contributed by atoms with E-state index in [1.54, 1.807) is 25.1 Å². The molecule has 33 heavy (non-hydrogen) atoms. The fourth-order valence-corrected chi connectivity index (χ4v) is 3.47. The average Bonchev–Trinajstić information content (AvgIpc) is 2.75. The van der Waals surface area contributed by atoms with Gasteiger partial charge < -0.3 is 10.4 Å². The summed E-state index contributed by atoms with van der Waals surface area (Å²) in [5.74, 6) is -0.504. The van der Waals surface area contributed by atoms with Crippen LogP contribution in [0.3, 0.4) is 0 Å². The quantitative estimate of drug-likeness (QED) is 0.550. The number of hydrogen-bond acceptors (Lipinski definition) is 4. The molecule has 0 fully saturated rings. The van der Waals surface area contributed by atoms with E-state index >= 15 is 0 Å². The summed E-state index contributed by atoms with van der Waals surface area (Å²) in [7, 11) is 0. The van der Waals surface area contributed by atoms with Gasteiger partial charge in [-0.05, 0) is 43.7 Å². The van der Waals surface area contributed by atoms with Crippen LogP contribution in [0, 0.1) is 13.8 Å². The van der Waals surface area contributed by atoms with E-state index in [0.29, 0.717) is 16.4 Å². The van der Waals surface area contributed by atoms with Crippen molar-refractivity contribution < 1.29 is 23.1 Å². The molecule has 174 valence electrons. The van der Waals surface area contributed by atoms with Gasteiger partial charge in [-0.2, -0.15) is 13.2 Å². The third kappa shape index (κ3) is 5.61. The number of carbonyl (C=O) groups is 1. The third-order valence-electron chi connectivity index (χ3n) is 5.06. The molecule has 0 saturated carbocycles. The molecular weight excluding hydrogens is 459 g/mol. The monoisotopic (exact) mass is 479 g/mol. The molecule has 0 spiro atoms. The Bertz CT molecular complexity index is 1240. The maximum absolute atomic E-state index is 13.1. The van der Waals surface area contributed by atoms with Crippen molar-refractivity contribution >= 4 is 23.2 Å². The second-order valence-electron chi connectivity index (χ2n) is 7.45. The first kappa shape index (κ1) is 24.5. The van der Waals surface area contributed by atoms with Crippen molar-refractivity contribution in [2.24, 2.45) is 0 Å². The second-order valence-corrected chi connectivity index (χ2v) is 7.86.